The molecule has 1 aliphatic heterocycles. The van der Waals surface area contributed by atoms with Crippen LogP contribution in [0, 0.1) is 5.92 Å². The molecule has 0 aromatic rings. The van der Waals surface area contributed by atoms with E-state index in [0.29, 0.717) is 16.8 Å². The molecule has 1 atom stereocenters. The number of rotatable bonds is 7. The molecular formula is C12H28NO6P2S+. The first-order chi connectivity index (χ1) is 9.85. The zero-order valence-corrected chi connectivity index (χ0v) is 15.8. The van der Waals surface area contributed by atoms with E-state index in [1.807, 2.05) is 14.1 Å². The van der Waals surface area contributed by atoms with Crippen molar-refractivity contribution in [2.75, 3.05) is 32.9 Å². The average Bonchev–Trinajstić information content (AvgIpc) is 2.30. The zero-order valence-electron chi connectivity index (χ0n) is 13.1. The predicted molar refractivity (Wildman–Crippen MR) is 89.1 cm³/mol. The molecule has 0 saturated carbocycles. The molecular weight excluding hydrogens is 348 g/mol. The van der Waals surface area contributed by atoms with E-state index in [0.717, 1.165) is 19.4 Å². The van der Waals surface area contributed by atoms with Gasteiger partial charge in [0.05, 0.1) is 27.2 Å². The van der Waals surface area contributed by atoms with Crippen LogP contribution in [0.4, 0.5) is 0 Å². The Kier molecular flexibility index (Phi) is 6.80. The van der Waals surface area contributed by atoms with Crippen LogP contribution < -0.4 is 0 Å². The predicted octanol–water partition coefficient (Wildman–Crippen LogP) is 1.62. The summed E-state index contributed by atoms with van der Waals surface area (Å²) in [7, 11) is -5.89. The molecule has 22 heavy (non-hydrogen) atoms. The number of hydrogen-bond donors (Lipinski definition) is 5. The Hall–Kier alpha value is 0.610. The van der Waals surface area contributed by atoms with Crippen molar-refractivity contribution in [2.45, 2.75) is 37.0 Å². The van der Waals surface area contributed by atoms with Crippen LogP contribution in [0.5, 0.6) is 0 Å². The summed E-state index contributed by atoms with van der Waals surface area (Å²) < 4.78 is 24.7. The molecule has 10 heteroatoms. The first-order valence-electron chi connectivity index (χ1n) is 7.39. The Morgan fingerprint density at radius 2 is 1.73 bits per heavy atom. The summed E-state index contributed by atoms with van der Waals surface area (Å²) in [6.07, 6.45) is 1.53. The Morgan fingerprint density at radius 1 is 1.18 bits per heavy atom. The molecule has 7 nitrogen and oxygen atoms in total. The Morgan fingerprint density at radius 3 is 2.14 bits per heavy atom. The maximum Gasteiger partial charge on any atom is 0.343 e. The second-order valence-electron chi connectivity index (χ2n) is 6.95. The van der Waals surface area contributed by atoms with Crippen LogP contribution in [-0.2, 0) is 9.13 Å². The Bertz CT molecular complexity index is 452. The highest BCUT2D eigenvalue weighted by Crippen LogP contribution is 2.73. The number of hydrogen-bond acceptors (Lipinski definition) is 3. The highest BCUT2D eigenvalue weighted by molar-refractivity contribution is 7.80. The summed E-state index contributed by atoms with van der Waals surface area (Å²) in [5.41, 5.74) is 0. The minimum atomic E-state index is -4.97. The van der Waals surface area contributed by atoms with Gasteiger partial charge in [-0.1, -0.05) is 0 Å². The average molecular weight is 376 g/mol. The molecule has 0 bridgehead atoms. The number of nitrogens with zero attached hydrogens (tertiary/aromatic N) is 1. The fourth-order valence-corrected chi connectivity index (χ4v) is 6.89. The van der Waals surface area contributed by atoms with E-state index < -0.39 is 20.1 Å². The Labute approximate surface area is 137 Å². The fourth-order valence-electron chi connectivity index (χ4n) is 3.48. The van der Waals surface area contributed by atoms with Crippen molar-refractivity contribution in [3.05, 3.63) is 0 Å². The number of thiol groups is 1. The van der Waals surface area contributed by atoms with Crippen LogP contribution in [0.15, 0.2) is 0 Å². The zero-order chi connectivity index (χ0) is 17.2. The third-order valence-corrected chi connectivity index (χ3v) is 9.42. The number of likely N-dealkylation sites (tertiary alicyclic amines) is 1. The van der Waals surface area contributed by atoms with Crippen molar-refractivity contribution >= 4 is 27.8 Å². The summed E-state index contributed by atoms with van der Waals surface area (Å²) in [5, 5.41) is 0. The van der Waals surface area contributed by atoms with Crippen molar-refractivity contribution < 1.29 is 33.2 Å². The van der Waals surface area contributed by atoms with Crippen LogP contribution in [0.1, 0.15) is 32.1 Å². The highest BCUT2D eigenvalue weighted by Gasteiger charge is 2.60. The molecule has 1 saturated heterocycles. The van der Waals surface area contributed by atoms with Crippen LogP contribution >= 0.6 is 27.8 Å². The smallest absolute Gasteiger partial charge is 0.328 e. The van der Waals surface area contributed by atoms with E-state index in [2.05, 4.69) is 12.6 Å². The van der Waals surface area contributed by atoms with Crippen LogP contribution in [0.25, 0.3) is 0 Å². The molecule has 0 aliphatic carbocycles. The monoisotopic (exact) mass is 376 g/mol. The van der Waals surface area contributed by atoms with Crippen molar-refractivity contribution in [2.24, 2.45) is 5.92 Å². The van der Waals surface area contributed by atoms with Gasteiger partial charge in [-0.3, -0.25) is 9.13 Å². The highest BCUT2D eigenvalue weighted by atomic mass is 32.1. The van der Waals surface area contributed by atoms with Gasteiger partial charge in [-0.25, -0.2) is 0 Å². The number of piperidine rings is 1. The first kappa shape index (κ1) is 20.7. The summed E-state index contributed by atoms with van der Waals surface area (Å²) >= 11 is 4.01. The second kappa shape index (κ2) is 7.24. The van der Waals surface area contributed by atoms with E-state index in [4.69, 9.17) is 0 Å². The summed E-state index contributed by atoms with van der Waals surface area (Å²) in [4.78, 5) is 36.7. The van der Waals surface area contributed by atoms with Gasteiger partial charge in [-0.2, -0.15) is 12.6 Å². The fraction of sp³-hybridized carbons (Fsp3) is 1.00. The molecule has 0 spiro atoms. The van der Waals surface area contributed by atoms with Gasteiger partial charge in [0.1, 0.15) is 0 Å². The lowest BCUT2D eigenvalue weighted by molar-refractivity contribution is -0.898. The molecule has 0 aromatic heterocycles. The van der Waals surface area contributed by atoms with Gasteiger partial charge in [0.25, 0.3) is 0 Å². The topological polar surface area (TPSA) is 115 Å². The molecule has 1 heterocycles. The molecule has 0 aromatic carbocycles. The van der Waals surface area contributed by atoms with E-state index in [1.54, 1.807) is 0 Å². The molecule has 1 unspecified atom stereocenters. The van der Waals surface area contributed by atoms with E-state index in [-0.39, 0.29) is 25.2 Å². The molecule has 1 fully saturated rings. The van der Waals surface area contributed by atoms with Gasteiger partial charge in [0.2, 0.25) is 0 Å². The van der Waals surface area contributed by atoms with Crippen LogP contribution in [-0.4, -0.2) is 61.9 Å². The van der Waals surface area contributed by atoms with Crippen molar-refractivity contribution in [1.29, 1.82) is 0 Å². The van der Waals surface area contributed by atoms with Crippen molar-refractivity contribution in [1.82, 2.24) is 0 Å². The third-order valence-electron chi connectivity index (χ3n) is 4.56. The van der Waals surface area contributed by atoms with E-state index in [9.17, 15) is 28.7 Å². The van der Waals surface area contributed by atoms with Crippen LogP contribution in [0.2, 0.25) is 0 Å². The van der Waals surface area contributed by atoms with Crippen molar-refractivity contribution in [3.63, 3.8) is 0 Å². The van der Waals surface area contributed by atoms with Gasteiger partial charge in [-0.15, -0.1) is 0 Å². The standard InChI is InChI=1S/C12H27NO6P2S/c1-13(2)7-3-5-11(10-13)9-12(6-4-8-22,20(14,15)16)21(17,18)19/h11H,3-10H2,1-2H3,(H4-,14,15,16,17,18,19,22)/p+1. The normalized spacial score (nSPS) is 23.5. The number of quaternary nitrogens is 1. The van der Waals surface area contributed by atoms with Gasteiger partial charge < -0.3 is 24.1 Å². The molecule has 1 aliphatic rings. The van der Waals surface area contributed by atoms with Gasteiger partial charge in [0.15, 0.2) is 4.90 Å². The van der Waals surface area contributed by atoms with Gasteiger partial charge in [-0.05, 0) is 37.9 Å². The van der Waals surface area contributed by atoms with E-state index in [1.165, 1.54) is 0 Å². The van der Waals surface area contributed by atoms with Gasteiger partial charge in [0, 0.05) is 5.92 Å². The van der Waals surface area contributed by atoms with Gasteiger partial charge >= 0.3 is 15.2 Å². The maximum atomic E-state index is 12.0. The quantitative estimate of drug-likeness (QED) is 0.262. The third kappa shape index (κ3) is 4.81. The molecule has 1 rings (SSSR count). The molecule has 132 valence electrons. The summed E-state index contributed by atoms with van der Waals surface area (Å²) in [5.74, 6) is 0.220. The lowest BCUT2D eigenvalue weighted by Gasteiger charge is -2.42. The first-order valence-corrected chi connectivity index (χ1v) is 11.2. The maximum absolute atomic E-state index is 12.0. The summed E-state index contributed by atoms with van der Waals surface area (Å²) in [6, 6.07) is 0. The SMILES string of the molecule is C[N+]1(C)CCCC(CC(CCCS)(P(=O)(O)O)P(=O)(O)O)C1. The lowest BCUT2D eigenvalue weighted by atomic mass is 9.91. The van der Waals surface area contributed by atoms with E-state index >= 15 is 0 Å². The molecule has 4 N–H and O–H groups in total. The second-order valence-corrected chi connectivity index (χ2v) is 11.6. The lowest BCUT2D eigenvalue weighted by Crippen LogP contribution is -2.49. The minimum absolute atomic E-state index is 0.107. The Balaban J connectivity index is 3.14. The summed E-state index contributed by atoms with van der Waals surface area (Å²) in [6.45, 7) is 1.63. The van der Waals surface area contributed by atoms with Crippen molar-refractivity contribution in [3.8, 4) is 0 Å². The minimum Gasteiger partial charge on any atom is -0.328 e. The molecule has 0 radical (unpaired) electrons. The van der Waals surface area contributed by atoms with Crippen LogP contribution in [0.3, 0.4) is 0 Å². The largest absolute Gasteiger partial charge is 0.343 e. The molecule has 0 amide bonds.